The van der Waals surface area contributed by atoms with Gasteiger partial charge >= 0.3 is 0 Å². The number of aryl methyl sites for hydroxylation is 1. The van der Waals surface area contributed by atoms with Gasteiger partial charge in [-0.15, -0.1) is 0 Å². The van der Waals surface area contributed by atoms with E-state index in [-0.39, 0.29) is 11.3 Å². The average molecular weight is 456 g/mol. The Morgan fingerprint density at radius 3 is 2.38 bits per heavy atom. The molecule has 1 heterocycles. The summed E-state index contributed by atoms with van der Waals surface area (Å²) >= 11 is 0. The van der Waals surface area contributed by atoms with E-state index in [0.717, 1.165) is 35.6 Å². The van der Waals surface area contributed by atoms with Crippen molar-refractivity contribution in [2.24, 2.45) is 0 Å². The van der Waals surface area contributed by atoms with Gasteiger partial charge in [-0.25, -0.2) is 4.98 Å². The Labute approximate surface area is 201 Å². The van der Waals surface area contributed by atoms with Crippen molar-refractivity contribution < 1.29 is 9.53 Å². The molecule has 0 radical (unpaired) electrons. The molecule has 0 bridgehead atoms. The zero-order valence-electron chi connectivity index (χ0n) is 20.3. The van der Waals surface area contributed by atoms with Crippen molar-refractivity contribution in [1.29, 1.82) is 0 Å². The van der Waals surface area contributed by atoms with E-state index in [9.17, 15) is 4.79 Å². The maximum absolute atomic E-state index is 12.4. The first-order valence-corrected chi connectivity index (χ1v) is 11.9. The van der Waals surface area contributed by atoms with Crippen LogP contribution in [-0.2, 0) is 18.4 Å². The summed E-state index contributed by atoms with van der Waals surface area (Å²) in [5.41, 5.74) is 4.20. The van der Waals surface area contributed by atoms with Crippen LogP contribution < -0.4 is 10.1 Å². The lowest BCUT2D eigenvalue weighted by atomic mass is 9.87. The first-order chi connectivity index (χ1) is 16.4. The highest BCUT2D eigenvalue weighted by Gasteiger charge is 2.14. The van der Waals surface area contributed by atoms with Crippen LogP contribution in [0.5, 0.6) is 5.75 Å². The van der Waals surface area contributed by atoms with Gasteiger partial charge in [0, 0.05) is 25.1 Å². The second-order valence-corrected chi connectivity index (χ2v) is 9.52. The molecule has 0 fully saturated rings. The number of benzene rings is 3. The lowest BCUT2D eigenvalue weighted by molar-refractivity contribution is 0.0954. The van der Waals surface area contributed by atoms with Crippen molar-refractivity contribution in [3.8, 4) is 5.75 Å². The summed E-state index contributed by atoms with van der Waals surface area (Å²) in [5.74, 6) is 1.81. The zero-order chi connectivity index (χ0) is 24.0. The van der Waals surface area contributed by atoms with Gasteiger partial charge in [-0.05, 0) is 53.8 Å². The molecule has 1 amide bonds. The molecular weight excluding hydrogens is 422 g/mol. The highest BCUT2D eigenvalue weighted by molar-refractivity contribution is 5.94. The Hall–Kier alpha value is -3.60. The summed E-state index contributed by atoms with van der Waals surface area (Å²) < 4.78 is 8.24. The second-order valence-electron chi connectivity index (χ2n) is 9.52. The molecule has 176 valence electrons. The Balaban J connectivity index is 1.35. The number of nitrogens with zero attached hydrogens (tertiary/aromatic N) is 2. The van der Waals surface area contributed by atoms with Crippen LogP contribution in [0.4, 0.5) is 0 Å². The fourth-order valence-electron chi connectivity index (χ4n) is 4.01. The molecule has 4 rings (SSSR count). The molecule has 0 aliphatic heterocycles. The largest absolute Gasteiger partial charge is 0.494 e. The third-order valence-corrected chi connectivity index (χ3v) is 5.92. The molecule has 0 saturated heterocycles. The van der Waals surface area contributed by atoms with Crippen molar-refractivity contribution >= 4 is 16.9 Å². The molecule has 5 nitrogen and oxygen atoms in total. The molecule has 1 aromatic heterocycles. The van der Waals surface area contributed by atoms with Crippen molar-refractivity contribution in [2.45, 2.75) is 45.6 Å². The number of hydrogen-bond donors (Lipinski definition) is 1. The third kappa shape index (κ3) is 5.84. The lowest BCUT2D eigenvalue weighted by Crippen LogP contribution is -2.26. The Morgan fingerprint density at radius 2 is 1.65 bits per heavy atom. The molecule has 34 heavy (non-hydrogen) atoms. The van der Waals surface area contributed by atoms with Gasteiger partial charge in [-0.3, -0.25) is 4.79 Å². The third-order valence-electron chi connectivity index (χ3n) is 5.92. The molecule has 0 aliphatic carbocycles. The van der Waals surface area contributed by atoms with Crippen LogP contribution in [-0.4, -0.2) is 28.6 Å². The van der Waals surface area contributed by atoms with E-state index in [4.69, 9.17) is 9.72 Å². The van der Waals surface area contributed by atoms with Gasteiger partial charge in [-0.2, -0.15) is 0 Å². The summed E-state index contributed by atoms with van der Waals surface area (Å²) in [6, 6.07) is 25.8. The monoisotopic (exact) mass is 455 g/mol. The van der Waals surface area contributed by atoms with Crippen LogP contribution in [0.15, 0.2) is 78.9 Å². The average Bonchev–Trinajstić information content (AvgIpc) is 3.19. The second kappa shape index (κ2) is 10.6. The van der Waals surface area contributed by atoms with E-state index in [2.05, 4.69) is 48.9 Å². The minimum Gasteiger partial charge on any atom is -0.494 e. The molecule has 0 spiro atoms. The molecule has 3 aromatic carbocycles. The van der Waals surface area contributed by atoms with E-state index in [1.54, 1.807) is 0 Å². The first kappa shape index (κ1) is 23.6. The van der Waals surface area contributed by atoms with Gasteiger partial charge in [0.05, 0.1) is 17.6 Å². The number of amides is 1. The van der Waals surface area contributed by atoms with Crippen LogP contribution in [0.25, 0.3) is 11.0 Å². The molecule has 1 N–H and O–H groups in total. The predicted molar refractivity (Wildman–Crippen MR) is 137 cm³/mol. The topological polar surface area (TPSA) is 56.1 Å². The number of ether oxygens (including phenoxy) is 1. The zero-order valence-corrected chi connectivity index (χ0v) is 20.3. The highest BCUT2D eigenvalue weighted by Crippen LogP contribution is 2.24. The lowest BCUT2D eigenvalue weighted by Gasteiger charge is -2.19. The molecule has 0 atom stereocenters. The van der Waals surface area contributed by atoms with Gasteiger partial charge in [0.15, 0.2) is 0 Å². The van der Waals surface area contributed by atoms with E-state index >= 15 is 0 Å². The fraction of sp³-hybridized carbons (Fsp3) is 0.310. The first-order valence-electron chi connectivity index (χ1n) is 11.9. The minimum absolute atomic E-state index is 0.0610. The molecule has 5 heteroatoms. The number of hydrogen-bond acceptors (Lipinski definition) is 3. The van der Waals surface area contributed by atoms with Gasteiger partial charge in [0.25, 0.3) is 5.91 Å². The summed E-state index contributed by atoms with van der Waals surface area (Å²) in [7, 11) is 0. The quantitative estimate of drug-likeness (QED) is 0.326. The molecular formula is C29H33N3O2. The van der Waals surface area contributed by atoms with Gasteiger partial charge in [-0.1, -0.05) is 63.2 Å². The number of rotatable bonds is 9. The van der Waals surface area contributed by atoms with Crippen LogP contribution in [0.2, 0.25) is 0 Å². The van der Waals surface area contributed by atoms with E-state index in [1.165, 1.54) is 5.56 Å². The van der Waals surface area contributed by atoms with E-state index in [1.807, 2.05) is 60.7 Å². The summed E-state index contributed by atoms with van der Waals surface area (Å²) in [4.78, 5) is 17.2. The van der Waals surface area contributed by atoms with Gasteiger partial charge < -0.3 is 14.6 Å². The predicted octanol–water partition coefficient (Wildman–Crippen LogP) is 5.78. The van der Waals surface area contributed by atoms with Crippen LogP contribution in [0, 0.1) is 0 Å². The number of imidazole rings is 1. The Morgan fingerprint density at radius 1 is 0.941 bits per heavy atom. The van der Waals surface area contributed by atoms with Gasteiger partial charge in [0.2, 0.25) is 0 Å². The Kier molecular flexibility index (Phi) is 7.31. The fourth-order valence-corrected chi connectivity index (χ4v) is 4.01. The van der Waals surface area contributed by atoms with Crippen molar-refractivity contribution in [3.63, 3.8) is 0 Å². The van der Waals surface area contributed by atoms with E-state index in [0.29, 0.717) is 25.1 Å². The highest BCUT2D eigenvalue weighted by atomic mass is 16.5. The minimum atomic E-state index is -0.0610. The molecule has 0 unspecified atom stereocenters. The van der Waals surface area contributed by atoms with Crippen molar-refractivity contribution in [1.82, 2.24) is 14.9 Å². The van der Waals surface area contributed by atoms with E-state index < -0.39 is 0 Å². The molecule has 0 saturated carbocycles. The number of carbonyl (C=O) groups is 1. The van der Waals surface area contributed by atoms with Crippen LogP contribution >= 0.6 is 0 Å². The maximum Gasteiger partial charge on any atom is 0.251 e. The standard InChI is InChI=1S/C29H33N3O2/c1-29(2,3)23-14-16-24(17-15-23)34-21-9-20-32-26-13-8-7-12-25(26)31-27(32)18-19-30-28(33)22-10-5-4-6-11-22/h4-8,10-17H,9,18-21H2,1-3H3,(H,30,33). The number of carbonyl (C=O) groups excluding carboxylic acids is 1. The molecule has 0 aliphatic rings. The number of fused-ring (bicyclic) bond motifs is 1. The van der Waals surface area contributed by atoms with Crippen molar-refractivity contribution in [3.05, 3.63) is 95.8 Å². The van der Waals surface area contributed by atoms with Crippen LogP contribution in [0.3, 0.4) is 0 Å². The summed E-state index contributed by atoms with van der Waals surface area (Å²) in [6.07, 6.45) is 1.53. The molecule has 4 aromatic rings. The number of para-hydroxylation sites is 2. The number of nitrogens with one attached hydrogen (secondary N) is 1. The SMILES string of the molecule is CC(C)(C)c1ccc(OCCCn2c(CCNC(=O)c3ccccc3)nc3ccccc32)cc1. The summed E-state index contributed by atoms with van der Waals surface area (Å²) in [6.45, 7) is 8.61. The number of aromatic nitrogens is 2. The van der Waals surface area contributed by atoms with Crippen LogP contribution in [0.1, 0.15) is 48.9 Å². The normalized spacial score (nSPS) is 11.5. The smallest absolute Gasteiger partial charge is 0.251 e. The van der Waals surface area contributed by atoms with Gasteiger partial charge in [0.1, 0.15) is 11.6 Å². The van der Waals surface area contributed by atoms with Crippen molar-refractivity contribution in [2.75, 3.05) is 13.2 Å². The summed E-state index contributed by atoms with van der Waals surface area (Å²) in [5, 5.41) is 3.01. The maximum atomic E-state index is 12.4. The Bertz CT molecular complexity index is 1220.